The van der Waals surface area contributed by atoms with E-state index in [0.717, 1.165) is 24.0 Å². The van der Waals surface area contributed by atoms with Gasteiger partial charge in [0.1, 0.15) is 11.6 Å². The van der Waals surface area contributed by atoms with Gasteiger partial charge < -0.3 is 19.6 Å². The Hall–Kier alpha value is -3.35. The van der Waals surface area contributed by atoms with E-state index in [1.54, 1.807) is 6.07 Å². The highest BCUT2D eigenvalue weighted by molar-refractivity contribution is 6.02. The summed E-state index contributed by atoms with van der Waals surface area (Å²) in [6.07, 6.45) is 2.03. The van der Waals surface area contributed by atoms with Crippen molar-refractivity contribution >= 4 is 23.3 Å². The van der Waals surface area contributed by atoms with Crippen LogP contribution < -0.4 is 9.64 Å². The lowest BCUT2D eigenvalue weighted by Crippen LogP contribution is -2.32. The maximum absolute atomic E-state index is 13.6. The Balaban J connectivity index is 1.94. The molecule has 0 bridgehead atoms. The van der Waals surface area contributed by atoms with Crippen molar-refractivity contribution in [3.8, 4) is 5.75 Å². The van der Waals surface area contributed by atoms with Crippen LogP contribution in [0.5, 0.6) is 5.75 Å². The van der Waals surface area contributed by atoms with Gasteiger partial charge in [-0.15, -0.1) is 0 Å². The van der Waals surface area contributed by atoms with Crippen LogP contribution in [0.1, 0.15) is 67.9 Å². The topological polar surface area (TPSA) is 93.9 Å². The first-order valence-electron chi connectivity index (χ1n) is 12.6. The van der Waals surface area contributed by atoms with Crippen molar-refractivity contribution in [2.24, 2.45) is 5.92 Å². The van der Waals surface area contributed by atoms with Crippen molar-refractivity contribution in [1.82, 2.24) is 4.90 Å². The van der Waals surface area contributed by atoms with Crippen LogP contribution in [0.3, 0.4) is 0 Å². The number of ether oxygens (including phenoxy) is 1. The minimum atomic E-state index is -1.05. The van der Waals surface area contributed by atoms with Gasteiger partial charge in [0.05, 0.1) is 12.2 Å². The van der Waals surface area contributed by atoms with Crippen molar-refractivity contribution < 1.29 is 19.4 Å². The Labute approximate surface area is 214 Å². The van der Waals surface area contributed by atoms with Gasteiger partial charge in [0.2, 0.25) is 0 Å². The van der Waals surface area contributed by atoms with Crippen molar-refractivity contribution in [3.05, 3.63) is 59.2 Å². The van der Waals surface area contributed by atoms with E-state index < -0.39 is 12.6 Å². The predicted octanol–water partition coefficient (Wildman–Crippen LogP) is 5.19. The number of ketones is 1. The van der Waals surface area contributed by atoms with Crippen LogP contribution in [-0.2, 0) is 10.2 Å². The number of rotatable bonds is 10. The van der Waals surface area contributed by atoms with E-state index in [0.29, 0.717) is 35.3 Å². The third-order valence-corrected chi connectivity index (χ3v) is 6.74. The van der Waals surface area contributed by atoms with Crippen molar-refractivity contribution in [3.63, 3.8) is 0 Å². The zero-order valence-electron chi connectivity index (χ0n) is 22.3. The number of benzene rings is 2. The average Bonchev–Trinajstić information content (AvgIpc) is 3.11. The second kappa shape index (κ2) is 11.1. The van der Waals surface area contributed by atoms with E-state index in [1.165, 1.54) is 0 Å². The molecule has 1 aliphatic rings. The quantitative estimate of drug-likeness (QED) is 0.443. The van der Waals surface area contributed by atoms with E-state index >= 15 is 0 Å². The van der Waals surface area contributed by atoms with Crippen LogP contribution >= 0.6 is 0 Å². The first-order chi connectivity index (χ1) is 16.9. The van der Waals surface area contributed by atoms with Gasteiger partial charge in [0.25, 0.3) is 0 Å². The van der Waals surface area contributed by atoms with Crippen molar-refractivity contribution in [2.75, 3.05) is 38.7 Å². The SMILES string of the molecule is CCC[C@H]1CN(CC(=O)c2cc(N(C)C)c(OCC(=O)O)c(C(C)(C)C)c2)C(=N)[C@@H]1c1ccccc1. The largest absolute Gasteiger partial charge is 0.479 e. The molecule has 0 radical (unpaired) electrons. The molecule has 2 atom stereocenters. The number of carboxylic acid groups (broad SMARTS) is 1. The summed E-state index contributed by atoms with van der Waals surface area (Å²) >= 11 is 0. The molecule has 0 aliphatic carbocycles. The number of aliphatic carboxylic acids is 1. The van der Waals surface area contributed by atoms with Gasteiger partial charge in [0.15, 0.2) is 12.4 Å². The highest BCUT2D eigenvalue weighted by Gasteiger charge is 2.38. The third kappa shape index (κ3) is 6.07. The second-order valence-corrected chi connectivity index (χ2v) is 10.8. The highest BCUT2D eigenvalue weighted by Crippen LogP contribution is 2.41. The zero-order valence-corrected chi connectivity index (χ0v) is 22.3. The maximum Gasteiger partial charge on any atom is 0.341 e. The summed E-state index contributed by atoms with van der Waals surface area (Å²) < 4.78 is 5.71. The number of carboxylic acids is 1. The van der Waals surface area contributed by atoms with E-state index in [1.807, 2.05) is 68.9 Å². The summed E-state index contributed by atoms with van der Waals surface area (Å²) in [6.45, 7) is 8.56. The fourth-order valence-electron chi connectivity index (χ4n) is 4.99. The number of anilines is 1. The van der Waals surface area contributed by atoms with Gasteiger partial charge >= 0.3 is 5.97 Å². The minimum Gasteiger partial charge on any atom is -0.479 e. The van der Waals surface area contributed by atoms with Gasteiger partial charge in [-0.05, 0) is 35.4 Å². The van der Waals surface area contributed by atoms with Gasteiger partial charge in [0, 0.05) is 37.7 Å². The monoisotopic (exact) mass is 493 g/mol. The lowest BCUT2D eigenvalue weighted by atomic mass is 9.84. The molecule has 0 aromatic heterocycles. The number of hydrogen-bond donors (Lipinski definition) is 2. The van der Waals surface area contributed by atoms with E-state index in [4.69, 9.17) is 15.3 Å². The number of amidine groups is 1. The van der Waals surface area contributed by atoms with E-state index in [9.17, 15) is 9.59 Å². The molecular weight excluding hydrogens is 454 g/mol. The van der Waals surface area contributed by atoms with Gasteiger partial charge in [-0.2, -0.15) is 0 Å². The van der Waals surface area contributed by atoms with Gasteiger partial charge in [-0.1, -0.05) is 64.4 Å². The second-order valence-electron chi connectivity index (χ2n) is 10.8. The lowest BCUT2D eigenvalue weighted by Gasteiger charge is -2.28. The highest BCUT2D eigenvalue weighted by atomic mass is 16.5. The molecule has 7 heteroatoms. The molecule has 1 heterocycles. The van der Waals surface area contributed by atoms with Crippen LogP contribution in [0.25, 0.3) is 0 Å². The summed E-state index contributed by atoms with van der Waals surface area (Å²) in [6, 6.07) is 13.7. The molecule has 7 nitrogen and oxygen atoms in total. The summed E-state index contributed by atoms with van der Waals surface area (Å²) in [4.78, 5) is 28.5. The molecule has 2 aromatic rings. The Kier molecular flexibility index (Phi) is 8.43. The van der Waals surface area contributed by atoms with E-state index in [2.05, 4.69) is 19.1 Å². The Bertz CT molecular complexity index is 1110. The summed E-state index contributed by atoms with van der Waals surface area (Å²) in [7, 11) is 3.69. The molecule has 0 unspecified atom stereocenters. The Morgan fingerprint density at radius 2 is 1.83 bits per heavy atom. The van der Waals surface area contributed by atoms with Gasteiger partial charge in [-0.25, -0.2) is 4.79 Å². The zero-order chi connectivity index (χ0) is 26.6. The molecule has 36 heavy (non-hydrogen) atoms. The molecule has 0 amide bonds. The molecule has 1 fully saturated rings. The standard InChI is InChI=1S/C29H39N3O4/c1-7-11-20-16-32(28(30)26(20)19-12-9-8-10-13-19)17-24(33)21-14-22(29(2,3)4)27(36-18-25(34)35)23(15-21)31(5)6/h8-10,12-15,20,26,30H,7,11,16-18H2,1-6H3,(H,34,35)/t20-,26+/m0/s1. The number of hydrogen-bond acceptors (Lipinski definition) is 5. The third-order valence-electron chi connectivity index (χ3n) is 6.74. The molecule has 1 aliphatic heterocycles. The normalized spacial score (nSPS) is 17.8. The number of carbonyl (C=O) groups excluding carboxylic acids is 1. The summed E-state index contributed by atoms with van der Waals surface area (Å²) in [5.74, 6) is 0.148. The Morgan fingerprint density at radius 1 is 1.17 bits per heavy atom. The van der Waals surface area contributed by atoms with Crippen LogP contribution in [0.4, 0.5) is 5.69 Å². The lowest BCUT2D eigenvalue weighted by molar-refractivity contribution is -0.139. The van der Waals surface area contributed by atoms with Crippen LogP contribution in [0.2, 0.25) is 0 Å². The fourth-order valence-corrected chi connectivity index (χ4v) is 4.99. The molecule has 3 rings (SSSR count). The predicted molar refractivity (Wildman–Crippen MR) is 144 cm³/mol. The van der Waals surface area contributed by atoms with Crippen LogP contribution in [-0.4, -0.2) is 61.4 Å². The molecule has 2 aromatic carbocycles. The molecule has 1 saturated heterocycles. The van der Waals surface area contributed by atoms with Crippen LogP contribution in [0, 0.1) is 11.3 Å². The molecule has 0 spiro atoms. The number of nitrogens with one attached hydrogen (secondary N) is 1. The molecule has 0 saturated carbocycles. The van der Waals surface area contributed by atoms with Gasteiger partial charge in [-0.3, -0.25) is 10.2 Å². The number of nitrogens with zero attached hydrogens (tertiary/aromatic N) is 2. The first kappa shape index (κ1) is 27.2. The Morgan fingerprint density at radius 3 is 2.39 bits per heavy atom. The number of Topliss-reactive ketones (excluding diaryl/α,β-unsaturated/α-hetero) is 1. The van der Waals surface area contributed by atoms with Crippen LogP contribution in [0.15, 0.2) is 42.5 Å². The first-order valence-corrected chi connectivity index (χ1v) is 12.6. The molecule has 194 valence electrons. The number of carbonyl (C=O) groups is 2. The minimum absolute atomic E-state index is 0.00628. The smallest absolute Gasteiger partial charge is 0.341 e. The summed E-state index contributed by atoms with van der Waals surface area (Å²) in [5.41, 5.74) is 2.73. The molecular formula is C29H39N3O4. The maximum atomic E-state index is 13.6. The summed E-state index contributed by atoms with van der Waals surface area (Å²) in [5, 5.41) is 18.1. The number of likely N-dealkylation sites (tertiary alicyclic amines) is 1. The van der Waals surface area contributed by atoms with Crippen molar-refractivity contribution in [2.45, 2.75) is 51.9 Å². The van der Waals surface area contributed by atoms with Crippen molar-refractivity contribution in [1.29, 1.82) is 5.41 Å². The fraction of sp³-hybridized carbons (Fsp3) is 0.483. The van der Waals surface area contributed by atoms with E-state index in [-0.39, 0.29) is 23.7 Å². The average molecular weight is 494 g/mol. The molecule has 2 N–H and O–H groups in total.